The first-order valence-electron chi connectivity index (χ1n) is 9.81. The fourth-order valence-electron chi connectivity index (χ4n) is 3.52. The van der Waals surface area contributed by atoms with Gasteiger partial charge in [-0.25, -0.2) is 4.79 Å². The highest BCUT2D eigenvalue weighted by Crippen LogP contribution is 2.20. The Morgan fingerprint density at radius 1 is 1.04 bits per heavy atom. The molecular weight excluding hydrogens is 354 g/mol. The number of carbonyl (C=O) groups is 2. The number of nitrogens with zero attached hydrogens (tertiary/aromatic N) is 1. The molecule has 3 N–H and O–H groups in total. The minimum Gasteiger partial charge on any atom is -0.391 e. The molecule has 0 heterocycles. The van der Waals surface area contributed by atoms with Crippen molar-refractivity contribution < 1.29 is 14.7 Å². The molecule has 6 nitrogen and oxygen atoms in total. The summed E-state index contributed by atoms with van der Waals surface area (Å²) < 4.78 is 0. The second-order valence-electron chi connectivity index (χ2n) is 7.02. The van der Waals surface area contributed by atoms with E-state index >= 15 is 0 Å². The fraction of sp³-hybridized carbons (Fsp3) is 0.364. The minimum absolute atomic E-state index is 0.0879. The maximum Gasteiger partial charge on any atom is 0.319 e. The Hall–Kier alpha value is -2.86. The summed E-state index contributed by atoms with van der Waals surface area (Å²) in [6, 6.07) is 15.8. The lowest BCUT2D eigenvalue weighted by atomic mass is 9.93. The summed E-state index contributed by atoms with van der Waals surface area (Å²) in [5.74, 6) is -0.0879. The molecule has 2 aromatic rings. The van der Waals surface area contributed by atoms with E-state index < -0.39 is 6.10 Å². The Morgan fingerprint density at radius 2 is 1.71 bits per heavy atom. The van der Waals surface area contributed by atoms with E-state index in [1.807, 2.05) is 37.3 Å². The number of rotatable bonds is 5. The maximum absolute atomic E-state index is 12.8. The van der Waals surface area contributed by atoms with Crippen LogP contribution in [0.2, 0.25) is 0 Å². The van der Waals surface area contributed by atoms with E-state index in [-0.39, 0.29) is 18.0 Å². The van der Waals surface area contributed by atoms with Crippen LogP contribution in [0.25, 0.3) is 0 Å². The number of hydrogen-bond acceptors (Lipinski definition) is 3. The van der Waals surface area contributed by atoms with Crippen molar-refractivity contribution in [2.75, 3.05) is 16.8 Å². The highest BCUT2D eigenvalue weighted by atomic mass is 16.3. The summed E-state index contributed by atoms with van der Waals surface area (Å²) in [5, 5.41) is 15.6. The van der Waals surface area contributed by atoms with Crippen molar-refractivity contribution >= 4 is 23.3 Å². The molecule has 0 radical (unpaired) electrons. The van der Waals surface area contributed by atoms with Crippen LogP contribution in [0.4, 0.5) is 16.2 Å². The zero-order valence-corrected chi connectivity index (χ0v) is 16.1. The van der Waals surface area contributed by atoms with Gasteiger partial charge in [0.05, 0.1) is 12.1 Å². The predicted octanol–water partition coefficient (Wildman–Crippen LogP) is 3.78. The van der Waals surface area contributed by atoms with E-state index in [0.29, 0.717) is 17.8 Å². The van der Waals surface area contributed by atoms with Crippen LogP contribution >= 0.6 is 0 Å². The molecule has 0 saturated heterocycles. The van der Waals surface area contributed by atoms with E-state index in [1.165, 1.54) is 0 Å². The number of urea groups is 1. The van der Waals surface area contributed by atoms with Gasteiger partial charge < -0.3 is 20.6 Å². The number of para-hydroxylation sites is 1. The first-order valence-corrected chi connectivity index (χ1v) is 9.81. The fourth-order valence-corrected chi connectivity index (χ4v) is 3.52. The standard InChI is InChI=1S/C22H27N3O3/c1-2-25(18-8-4-3-5-9-18)21(27)16-12-14-17(15-13-16)23-22(28)24-19-10-6-7-11-20(19)26/h3-5,8-9,12-15,19-20,26H,2,6-7,10-11H2,1H3,(H2,23,24,28)/t19-,20-/m1/s1. The lowest BCUT2D eigenvalue weighted by Crippen LogP contribution is -2.46. The molecule has 1 aliphatic rings. The molecule has 0 spiro atoms. The molecule has 1 saturated carbocycles. The Morgan fingerprint density at radius 3 is 2.36 bits per heavy atom. The van der Waals surface area contributed by atoms with Crippen LogP contribution in [0.3, 0.4) is 0 Å². The average Bonchev–Trinajstić information content (AvgIpc) is 2.71. The maximum atomic E-state index is 12.8. The van der Waals surface area contributed by atoms with Crippen LogP contribution < -0.4 is 15.5 Å². The number of benzene rings is 2. The lowest BCUT2D eigenvalue weighted by molar-refractivity contribution is 0.0955. The smallest absolute Gasteiger partial charge is 0.319 e. The molecule has 1 fully saturated rings. The van der Waals surface area contributed by atoms with E-state index in [0.717, 1.165) is 31.4 Å². The van der Waals surface area contributed by atoms with Gasteiger partial charge in [0.25, 0.3) is 5.91 Å². The Balaban J connectivity index is 1.61. The van der Waals surface area contributed by atoms with Crippen LogP contribution in [0, 0.1) is 0 Å². The second-order valence-corrected chi connectivity index (χ2v) is 7.02. The summed E-state index contributed by atoms with van der Waals surface area (Å²) >= 11 is 0. The summed E-state index contributed by atoms with van der Waals surface area (Å²) in [7, 11) is 0. The summed E-state index contributed by atoms with van der Waals surface area (Å²) in [4.78, 5) is 26.7. The van der Waals surface area contributed by atoms with E-state index in [9.17, 15) is 14.7 Å². The number of aliphatic hydroxyl groups excluding tert-OH is 1. The highest BCUT2D eigenvalue weighted by Gasteiger charge is 2.24. The van der Waals surface area contributed by atoms with Gasteiger partial charge in [-0.1, -0.05) is 31.0 Å². The molecule has 2 aromatic carbocycles. The van der Waals surface area contributed by atoms with Gasteiger partial charge in [-0.3, -0.25) is 4.79 Å². The average molecular weight is 381 g/mol. The molecular formula is C22H27N3O3. The van der Waals surface area contributed by atoms with Crippen molar-refractivity contribution in [3.63, 3.8) is 0 Å². The molecule has 148 valence electrons. The van der Waals surface area contributed by atoms with Gasteiger partial charge in [-0.15, -0.1) is 0 Å². The van der Waals surface area contributed by atoms with Crippen molar-refractivity contribution in [3.8, 4) is 0 Å². The van der Waals surface area contributed by atoms with Crippen LogP contribution in [0.1, 0.15) is 43.0 Å². The van der Waals surface area contributed by atoms with Gasteiger partial charge in [-0.05, 0) is 56.2 Å². The summed E-state index contributed by atoms with van der Waals surface area (Å²) in [6.07, 6.45) is 3.02. The van der Waals surface area contributed by atoms with E-state index in [1.54, 1.807) is 29.2 Å². The van der Waals surface area contributed by atoms with Crippen LogP contribution in [0.15, 0.2) is 54.6 Å². The molecule has 1 aliphatic carbocycles. The largest absolute Gasteiger partial charge is 0.391 e. The van der Waals surface area contributed by atoms with Gasteiger partial charge in [-0.2, -0.15) is 0 Å². The van der Waals surface area contributed by atoms with E-state index in [2.05, 4.69) is 10.6 Å². The molecule has 28 heavy (non-hydrogen) atoms. The summed E-state index contributed by atoms with van der Waals surface area (Å²) in [6.45, 7) is 2.50. The molecule has 0 aromatic heterocycles. The third-order valence-corrected chi connectivity index (χ3v) is 5.06. The Bertz CT molecular complexity index is 792. The lowest BCUT2D eigenvalue weighted by Gasteiger charge is -2.28. The third kappa shape index (κ3) is 4.89. The molecule has 0 unspecified atom stereocenters. The van der Waals surface area contributed by atoms with Crippen molar-refractivity contribution in [1.29, 1.82) is 0 Å². The molecule has 6 heteroatoms. The van der Waals surface area contributed by atoms with Gasteiger partial charge in [0, 0.05) is 23.5 Å². The first kappa shape index (κ1) is 19.9. The van der Waals surface area contributed by atoms with Gasteiger partial charge in [0.2, 0.25) is 0 Å². The van der Waals surface area contributed by atoms with Gasteiger partial charge in [0.15, 0.2) is 0 Å². The van der Waals surface area contributed by atoms with Crippen LogP contribution in [-0.4, -0.2) is 35.7 Å². The zero-order valence-electron chi connectivity index (χ0n) is 16.1. The van der Waals surface area contributed by atoms with Crippen molar-refractivity contribution in [2.45, 2.75) is 44.8 Å². The highest BCUT2D eigenvalue weighted by molar-refractivity contribution is 6.06. The van der Waals surface area contributed by atoms with Gasteiger partial charge in [0.1, 0.15) is 0 Å². The van der Waals surface area contributed by atoms with Crippen LogP contribution in [-0.2, 0) is 0 Å². The Kier molecular flexibility index (Phi) is 6.66. The zero-order chi connectivity index (χ0) is 19.9. The quantitative estimate of drug-likeness (QED) is 0.737. The normalized spacial score (nSPS) is 18.9. The number of hydrogen-bond donors (Lipinski definition) is 3. The predicted molar refractivity (Wildman–Crippen MR) is 111 cm³/mol. The monoisotopic (exact) mass is 381 g/mol. The minimum atomic E-state index is -0.488. The van der Waals surface area contributed by atoms with Crippen molar-refractivity contribution in [1.82, 2.24) is 5.32 Å². The molecule has 3 rings (SSSR count). The summed E-state index contributed by atoms with van der Waals surface area (Å²) in [5.41, 5.74) is 2.00. The SMILES string of the molecule is CCN(C(=O)c1ccc(NC(=O)N[C@@H]2CCCC[C@H]2O)cc1)c1ccccc1. The molecule has 2 atom stereocenters. The van der Waals surface area contributed by atoms with E-state index in [4.69, 9.17) is 0 Å². The third-order valence-electron chi connectivity index (χ3n) is 5.06. The van der Waals surface area contributed by atoms with Crippen molar-refractivity contribution in [2.24, 2.45) is 0 Å². The second kappa shape index (κ2) is 9.37. The number of anilines is 2. The van der Waals surface area contributed by atoms with Crippen LogP contribution in [0.5, 0.6) is 0 Å². The molecule has 3 amide bonds. The number of nitrogens with one attached hydrogen (secondary N) is 2. The first-order chi connectivity index (χ1) is 13.6. The van der Waals surface area contributed by atoms with Crippen molar-refractivity contribution in [3.05, 3.63) is 60.2 Å². The number of carbonyl (C=O) groups excluding carboxylic acids is 2. The number of aliphatic hydroxyl groups is 1. The van der Waals surface area contributed by atoms with Gasteiger partial charge >= 0.3 is 6.03 Å². The topological polar surface area (TPSA) is 81.7 Å². The Labute approximate surface area is 165 Å². The molecule has 0 aliphatic heterocycles. The molecule has 0 bridgehead atoms. The number of amides is 3.